The highest BCUT2D eigenvalue weighted by atomic mass is 31.2. The lowest BCUT2D eigenvalue weighted by molar-refractivity contribution is -0.220. The van der Waals surface area contributed by atoms with Gasteiger partial charge in [-0.05, 0) is 83.5 Å². The molecule has 1 rings (SSSR count). The molecular formula is C51H87O12P. The standard InChI is InChI=1S/C51H87O12P/c1-3-5-7-9-11-13-15-17-19-21-23-24-26-28-30-32-34-36-38-40-45(52)62-44(43-61-64(58,59)63-51-49(56)47(54)46(53)48(55)50(51)57)42-60-41-39-37-35-33-31-29-27-25-22-20-18-16-14-12-10-8-6-4-2/h5-8,11-14,17-20,23-24,44,46-51,53-57H,3-4,9-10,15-16,21-22,25-43H2,1-2H3,(H,58,59)/b7-5-,8-6-,13-11-,14-12-,19-17-,20-18-,24-23-. The number of esters is 1. The van der Waals surface area contributed by atoms with E-state index in [1.807, 2.05) is 0 Å². The van der Waals surface area contributed by atoms with Gasteiger partial charge in [0, 0.05) is 13.0 Å². The van der Waals surface area contributed by atoms with Gasteiger partial charge in [0.25, 0.3) is 0 Å². The zero-order chi connectivity index (χ0) is 46.9. The topological polar surface area (TPSA) is 192 Å². The number of phosphoric ester groups is 1. The van der Waals surface area contributed by atoms with Crippen molar-refractivity contribution in [1.82, 2.24) is 0 Å². The van der Waals surface area contributed by atoms with Crippen LogP contribution in [0.25, 0.3) is 0 Å². The van der Waals surface area contributed by atoms with Crippen LogP contribution in [0.2, 0.25) is 0 Å². The number of unbranched alkanes of at least 4 members (excludes halogenated alkanes) is 14. The maximum absolute atomic E-state index is 12.8. The number of phosphoric acid groups is 1. The monoisotopic (exact) mass is 923 g/mol. The molecule has 0 aromatic rings. The first-order chi connectivity index (χ1) is 31.0. The van der Waals surface area contributed by atoms with Crippen molar-refractivity contribution in [3.05, 3.63) is 85.1 Å². The Morgan fingerprint density at radius 2 is 0.875 bits per heavy atom. The number of rotatable bonds is 40. The second-order valence-corrected chi connectivity index (χ2v) is 18.0. The Morgan fingerprint density at radius 1 is 0.500 bits per heavy atom. The van der Waals surface area contributed by atoms with Crippen molar-refractivity contribution in [2.24, 2.45) is 0 Å². The number of carbonyl (C=O) groups excluding carboxylic acids is 1. The van der Waals surface area contributed by atoms with E-state index in [4.69, 9.17) is 18.5 Å². The molecule has 6 unspecified atom stereocenters. The minimum Gasteiger partial charge on any atom is -0.457 e. The first-order valence-electron chi connectivity index (χ1n) is 24.4. The van der Waals surface area contributed by atoms with Crippen molar-refractivity contribution >= 4 is 13.8 Å². The van der Waals surface area contributed by atoms with Crippen LogP contribution in [0.15, 0.2) is 85.1 Å². The molecule has 0 aromatic heterocycles. The third-order valence-electron chi connectivity index (χ3n) is 10.8. The van der Waals surface area contributed by atoms with Crippen LogP contribution >= 0.6 is 7.82 Å². The van der Waals surface area contributed by atoms with Crippen molar-refractivity contribution in [2.75, 3.05) is 19.8 Å². The van der Waals surface area contributed by atoms with Gasteiger partial charge in [0.1, 0.15) is 42.7 Å². The second-order valence-electron chi connectivity index (χ2n) is 16.5. The normalized spacial score (nSPS) is 22.4. The summed E-state index contributed by atoms with van der Waals surface area (Å²) >= 11 is 0. The number of allylic oxidation sites excluding steroid dienone is 14. The predicted molar refractivity (Wildman–Crippen MR) is 258 cm³/mol. The summed E-state index contributed by atoms with van der Waals surface area (Å²) in [6, 6.07) is 0. The highest BCUT2D eigenvalue weighted by Gasteiger charge is 2.51. The summed E-state index contributed by atoms with van der Waals surface area (Å²) in [6.45, 7) is 4.00. The van der Waals surface area contributed by atoms with E-state index in [2.05, 4.69) is 98.9 Å². The van der Waals surface area contributed by atoms with Gasteiger partial charge in [-0.25, -0.2) is 4.57 Å². The van der Waals surface area contributed by atoms with Crippen molar-refractivity contribution < 1.29 is 58.3 Å². The average molecular weight is 923 g/mol. The van der Waals surface area contributed by atoms with Gasteiger partial charge in [0.05, 0.1) is 13.2 Å². The Labute approximate surface area is 386 Å². The van der Waals surface area contributed by atoms with Crippen molar-refractivity contribution in [2.45, 2.75) is 211 Å². The lowest BCUT2D eigenvalue weighted by Crippen LogP contribution is -2.64. The van der Waals surface area contributed by atoms with E-state index in [-0.39, 0.29) is 13.0 Å². The molecule has 12 nitrogen and oxygen atoms in total. The van der Waals surface area contributed by atoms with Crippen molar-refractivity contribution in [1.29, 1.82) is 0 Å². The van der Waals surface area contributed by atoms with E-state index in [0.717, 1.165) is 116 Å². The summed E-state index contributed by atoms with van der Waals surface area (Å²) in [6.07, 6.45) is 42.1. The lowest BCUT2D eigenvalue weighted by Gasteiger charge is -2.41. The molecule has 0 spiro atoms. The van der Waals surface area contributed by atoms with Crippen LogP contribution in [0.4, 0.5) is 0 Å². The van der Waals surface area contributed by atoms with Gasteiger partial charge in [-0.2, -0.15) is 0 Å². The van der Waals surface area contributed by atoms with Gasteiger partial charge in [-0.3, -0.25) is 13.8 Å². The Balaban J connectivity index is 2.39. The zero-order valence-corrected chi connectivity index (χ0v) is 40.2. The van der Waals surface area contributed by atoms with E-state index in [0.29, 0.717) is 13.0 Å². The van der Waals surface area contributed by atoms with Gasteiger partial charge in [0.15, 0.2) is 0 Å². The highest BCUT2D eigenvalue weighted by molar-refractivity contribution is 7.47. The molecule has 64 heavy (non-hydrogen) atoms. The molecule has 0 aliphatic heterocycles. The number of aliphatic hydroxyl groups is 5. The van der Waals surface area contributed by atoms with E-state index in [1.54, 1.807) is 0 Å². The van der Waals surface area contributed by atoms with Crippen molar-refractivity contribution in [3.63, 3.8) is 0 Å². The Morgan fingerprint density at radius 3 is 1.33 bits per heavy atom. The number of hydrogen-bond donors (Lipinski definition) is 6. The number of hydrogen-bond acceptors (Lipinski definition) is 11. The van der Waals surface area contributed by atoms with Gasteiger partial charge in [-0.1, -0.05) is 163 Å². The third-order valence-corrected chi connectivity index (χ3v) is 11.7. The molecular weight excluding hydrogens is 836 g/mol. The lowest BCUT2D eigenvalue weighted by atomic mass is 9.85. The molecule has 0 aromatic carbocycles. The smallest absolute Gasteiger partial charge is 0.457 e. The van der Waals surface area contributed by atoms with E-state index < -0.39 is 63.1 Å². The predicted octanol–water partition coefficient (Wildman–Crippen LogP) is 10.5. The summed E-state index contributed by atoms with van der Waals surface area (Å²) in [5.74, 6) is -0.497. The molecule has 0 saturated heterocycles. The van der Waals surface area contributed by atoms with Crippen LogP contribution in [0.5, 0.6) is 0 Å². The number of aliphatic hydroxyl groups excluding tert-OH is 5. The average Bonchev–Trinajstić information content (AvgIpc) is 3.28. The van der Waals surface area contributed by atoms with Crippen molar-refractivity contribution in [3.8, 4) is 0 Å². The van der Waals surface area contributed by atoms with Gasteiger partial charge >= 0.3 is 13.8 Å². The molecule has 1 aliphatic carbocycles. The van der Waals surface area contributed by atoms with E-state index in [9.17, 15) is 39.8 Å². The molecule has 1 saturated carbocycles. The minimum absolute atomic E-state index is 0.0929. The molecule has 0 heterocycles. The molecule has 0 amide bonds. The fourth-order valence-electron chi connectivity index (χ4n) is 6.95. The molecule has 0 radical (unpaired) electrons. The van der Waals surface area contributed by atoms with Crippen LogP contribution in [0.1, 0.15) is 168 Å². The Bertz CT molecular complexity index is 1380. The Kier molecular flexibility index (Phi) is 37.9. The maximum atomic E-state index is 12.8. The molecule has 6 atom stereocenters. The third kappa shape index (κ3) is 32.2. The van der Waals surface area contributed by atoms with Crippen LogP contribution in [0.3, 0.4) is 0 Å². The van der Waals surface area contributed by atoms with Gasteiger partial charge < -0.3 is 39.9 Å². The molecule has 1 aliphatic rings. The fourth-order valence-corrected chi connectivity index (χ4v) is 7.92. The first-order valence-corrected chi connectivity index (χ1v) is 25.9. The zero-order valence-electron chi connectivity index (χ0n) is 39.3. The molecule has 6 N–H and O–H groups in total. The quantitative estimate of drug-likeness (QED) is 0.0148. The molecule has 1 fully saturated rings. The van der Waals surface area contributed by atoms with Gasteiger partial charge in [0.2, 0.25) is 0 Å². The second kappa shape index (κ2) is 40.8. The summed E-state index contributed by atoms with van der Waals surface area (Å²) in [5, 5.41) is 50.3. The van der Waals surface area contributed by atoms with Crippen LogP contribution in [0, 0.1) is 0 Å². The number of carbonyl (C=O) groups is 1. The molecule has 0 bridgehead atoms. The largest absolute Gasteiger partial charge is 0.472 e. The number of ether oxygens (including phenoxy) is 2. The van der Waals surface area contributed by atoms with E-state index >= 15 is 0 Å². The molecule has 368 valence electrons. The minimum atomic E-state index is -5.03. The Hall–Kier alpha value is -2.48. The van der Waals surface area contributed by atoms with Crippen LogP contribution in [-0.4, -0.2) is 98.9 Å². The highest BCUT2D eigenvalue weighted by Crippen LogP contribution is 2.47. The molecule has 13 heteroatoms. The maximum Gasteiger partial charge on any atom is 0.472 e. The summed E-state index contributed by atoms with van der Waals surface area (Å²) in [7, 11) is -5.03. The fraction of sp³-hybridized carbons (Fsp3) is 0.706. The van der Waals surface area contributed by atoms with Gasteiger partial charge in [-0.15, -0.1) is 0 Å². The van der Waals surface area contributed by atoms with Crippen LogP contribution in [-0.2, 0) is 27.9 Å². The van der Waals surface area contributed by atoms with Crippen LogP contribution < -0.4 is 0 Å². The summed E-state index contributed by atoms with van der Waals surface area (Å²) < 4.78 is 34.2. The summed E-state index contributed by atoms with van der Waals surface area (Å²) in [5.41, 5.74) is 0. The summed E-state index contributed by atoms with van der Waals surface area (Å²) in [4.78, 5) is 23.2. The van der Waals surface area contributed by atoms with E-state index in [1.165, 1.54) is 25.7 Å². The SMILES string of the molecule is CC/C=C\C/C=C\C/C=C\C/C=C\CCCCCCCCC(=O)OC(COCCCCCCCCCC/C=C\C/C=C\C/C=C\CC)COP(=O)(O)OC1C(O)C(O)C(O)C(O)C1O. The first kappa shape index (κ1) is 59.5.